The van der Waals surface area contributed by atoms with Crippen molar-refractivity contribution in [3.63, 3.8) is 0 Å². The quantitative estimate of drug-likeness (QED) is 0.803. The Kier molecular flexibility index (Phi) is 4.90. The summed E-state index contributed by atoms with van der Waals surface area (Å²) in [6.07, 6.45) is 0. The molecule has 0 spiro atoms. The van der Waals surface area contributed by atoms with Crippen molar-refractivity contribution < 1.29 is 0 Å². The van der Waals surface area contributed by atoms with E-state index in [1.165, 1.54) is 16.0 Å². The second-order valence-corrected chi connectivity index (χ2v) is 6.83. The minimum Gasteiger partial charge on any atom is -0.295 e. The Morgan fingerprint density at radius 1 is 1.09 bits per heavy atom. The molecule has 1 saturated heterocycles. The monoisotopic (exact) mass is 313 g/mol. The zero-order valence-corrected chi connectivity index (χ0v) is 14.1. The highest BCUT2D eigenvalue weighted by Gasteiger charge is 2.16. The fourth-order valence-corrected chi connectivity index (χ4v) is 3.37. The number of rotatable bonds is 4. The summed E-state index contributed by atoms with van der Waals surface area (Å²) in [6, 6.07) is 13.1. The lowest BCUT2D eigenvalue weighted by atomic mass is 10.1. The molecule has 0 saturated carbocycles. The number of hydrazone groups is 1. The van der Waals surface area contributed by atoms with Crippen LogP contribution in [-0.2, 0) is 6.54 Å². The summed E-state index contributed by atoms with van der Waals surface area (Å²) in [5.41, 5.74) is 3.85. The van der Waals surface area contributed by atoms with Gasteiger partial charge in [0.15, 0.2) is 0 Å². The Labute approximate surface area is 136 Å². The molecule has 0 bridgehead atoms. The van der Waals surface area contributed by atoms with Gasteiger partial charge in [0.1, 0.15) is 0 Å². The Bertz CT molecular complexity index is 608. The predicted molar refractivity (Wildman–Crippen MR) is 94.6 cm³/mol. The molecule has 0 aliphatic carbocycles. The van der Waals surface area contributed by atoms with Gasteiger partial charge in [-0.15, -0.1) is 11.3 Å². The molecular weight excluding hydrogens is 290 g/mol. The number of nitrogens with zero attached hydrogens (tertiary/aromatic N) is 3. The Morgan fingerprint density at radius 2 is 1.82 bits per heavy atom. The van der Waals surface area contributed by atoms with Gasteiger partial charge in [0.25, 0.3) is 0 Å². The molecule has 3 nitrogen and oxygen atoms in total. The second kappa shape index (κ2) is 7.07. The molecule has 0 radical (unpaired) electrons. The number of aryl methyl sites for hydroxylation is 1. The molecule has 0 unspecified atom stereocenters. The summed E-state index contributed by atoms with van der Waals surface area (Å²) < 4.78 is 0. The van der Waals surface area contributed by atoms with E-state index < -0.39 is 0 Å². The maximum Gasteiger partial charge on any atom is 0.0746 e. The number of benzene rings is 1. The number of piperazine rings is 1. The average Bonchev–Trinajstić information content (AvgIpc) is 3.06. The highest BCUT2D eigenvalue weighted by atomic mass is 32.1. The molecule has 2 heterocycles. The predicted octanol–water partition coefficient (Wildman–Crippen LogP) is 3.60. The van der Waals surface area contributed by atoms with E-state index in [0.29, 0.717) is 0 Å². The van der Waals surface area contributed by atoms with Gasteiger partial charge in [-0.1, -0.05) is 35.9 Å². The first-order chi connectivity index (χ1) is 10.7. The third-order valence-corrected chi connectivity index (χ3v) is 5.02. The smallest absolute Gasteiger partial charge is 0.0746 e. The summed E-state index contributed by atoms with van der Waals surface area (Å²) >= 11 is 1.76. The fraction of sp³-hybridized carbons (Fsp3) is 0.389. The topological polar surface area (TPSA) is 18.8 Å². The Balaban J connectivity index is 1.52. The maximum absolute atomic E-state index is 4.77. The largest absolute Gasteiger partial charge is 0.295 e. The first kappa shape index (κ1) is 15.3. The number of hydrogen-bond donors (Lipinski definition) is 0. The molecule has 0 N–H and O–H groups in total. The van der Waals surface area contributed by atoms with Crippen LogP contribution in [0.2, 0.25) is 0 Å². The maximum atomic E-state index is 4.77. The van der Waals surface area contributed by atoms with E-state index in [0.717, 1.165) is 38.4 Å². The molecular formula is C18H23N3S. The van der Waals surface area contributed by atoms with Crippen LogP contribution in [-0.4, -0.2) is 41.8 Å². The van der Waals surface area contributed by atoms with Crippen molar-refractivity contribution >= 4 is 17.0 Å². The van der Waals surface area contributed by atoms with Crippen molar-refractivity contribution in [2.24, 2.45) is 5.10 Å². The van der Waals surface area contributed by atoms with Crippen molar-refractivity contribution in [2.45, 2.75) is 20.4 Å². The van der Waals surface area contributed by atoms with Crippen LogP contribution in [0.25, 0.3) is 0 Å². The van der Waals surface area contributed by atoms with Gasteiger partial charge >= 0.3 is 0 Å². The van der Waals surface area contributed by atoms with Crippen LogP contribution < -0.4 is 0 Å². The minimum absolute atomic E-state index is 1.01. The average molecular weight is 313 g/mol. The van der Waals surface area contributed by atoms with Gasteiger partial charge < -0.3 is 0 Å². The van der Waals surface area contributed by atoms with Crippen LogP contribution in [0.15, 0.2) is 46.9 Å². The summed E-state index contributed by atoms with van der Waals surface area (Å²) in [6.45, 7) is 9.45. The van der Waals surface area contributed by atoms with Crippen molar-refractivity contribution in [2.75, 3.05) is 26.2 Å². The molecule has 1 aliphatic heterocycles. The zero-order valence-electron chi connectivity index (χ0n) is 13.3. The molecule has 1 aromatic carbocycles. The zero-order chi connectivity index (χ0) is 15.4. The molecule has 116 valence electrons. The van der Waals surface area contributed by atoms with Crippen LogP contribution in [0.3, 0.4) is 0 Å². The molecule has 1 fully saturated rings. The normalized spacial score (nSPS) is 17.0. The third-order valence-electron chi connectivity index (χ3n) is 4.04. The van der Waals surface area contributed by atoms with Crippen LogP contribution in [0.4, 0.5) is 0 Å². The van der Waals surface area contributed by atoms with Crippen LogP contribution in [0.5, 0.6) is 0 Å². The van der Waals surface area contributed by atoms with E-state index in [-0.39, 0.29) is 0 Å². The lowest BCUT2D eigenvalue weighted by Crippen LogP contribution is -2.43. The lowest BCUT2D eigenvalue weighted by molar-refractivity contribution is 0.130. The van der Waals surface area contributed by atoms with E-state index >= 15 is 0 Å². The first-order valence-corrected chi connectivity index (χ1v) is 8.70. The van der Waals surface area contributed by atoms with Gasteiger partial charge in [-0.3, -0.25) is 9.91 Å². The van der Waals surface area contributed by atoms with E-state index in [4.69, 9.17) is 5.10 Å². The Morgan fingerprint density at radius 3 is 2.45 bits per heavy atom. The highest BCUT2D eigenvalue weighted by molar-refractivity contribution is 7.12. The molecule has 4 heteroatoms. The van der Waals surface area contributed by atoms with Crippen LogP contribution in [0, 0.1) is 6.92 Å². The van der Waals surface area contributed by atoms with Gasteiger partial charge in [-0.05, 0) is 30.9 Å². The van der Waals surface area contributed by atoms with Gasteiger partial charge in [-0.25, -0.2) is 0 Å². The van der Waals surface area contributed by atoms with Crippen molar-refractivity contribution in [1.29, 1.82) is 0 Å². The Hall–Kier alpha value is -1.65. The van der Waals surface area contributed by atoms with Crippen LogP contribution in [0.1, 0.15) is 22.9 Å². The molecule has 0 atom stereocenters. The second-order valence-electron chi connectivity index (χ2n) is 5.88. The standard InChI is InChI=1S/C18H23N3S/c1-15-5-7-17(8-6-15)14-20-9-11-21(12-10-20)19-16(2)18-4-3-13-22-18/h3-8,13H,9-12,14H2,1-2H3. The molecule has 0 amide bonds. The SMILES string of the molecule is CC(=NN1CCN(Cc2ccc(C)cc2)CC1)c1cccs1. The van der Waals surface area contributed by atoms with Gasteiger partial charge in [0.05, 0.1) is 5.71 Å². The van der Waals surface area contributed by atoms with Gasteiger partial charge in [0.2, 0.25) is 0 Å². The van der Waals surface area contributed by atoms with Crippen LogP contribution >= 0.6 is 11.3 Å². The minimum atomic E-state index is 1.01. The third kappa shape index (κ3) is 3.96. The molecule has 1 aliphatic rings. The number of thiophene rings is 1. The van der Waals surface area contributed by atoms with Crippen molar-refractivity contribution in [3.8, 4) is 0 Å². The van der Waals surface area contributed by atoms with Crippen molar-refractivity contribution in [3.05, 3.63) is 57.8 Å². The summed E-state index contributed by atoms with van der Waals surface area (Å²) in [4.78, 5) is 3.78. The fourth-order valence-electron chi connectivity index (χ4n) is 2.69. The molecule has 3 rings (SSSR count). The summed E-state index contributed by atoms with van der Waals surface area (Å²) in [5.74, 6) is 0. The van der Waals surface area contributed by atoms with E-state index in [1.54, 1.807) is 11.3 Å². The van der Waals surface area contributed by atoms with E-state index in [9.17, 15) is 0 Å². The molecule has 2 aromatic rings. The van der Waals surface area contributed by atoms with E-state index in [2.05, 4.69) is 65.5 Å². The lowest BCUT2D eigenvalue weighted by Gasteiger charge is -2.33. The first-order valence-electron chi connectivity index (χ1n) is 7.82. The molecule has 1 aromatic heterocycles. The summed E-state index contributed by atoms with van der Waals surface area (Å²) in [5, 5.41) is 9.08. The van der Waals surface area contributed by atoms with Gasteiger partial charge in [0, 0.05) is 37.6 Å². The van der Waals surface area contributed by atoms with E-state index in [1.807, 2.05) is 0 Å². The van der Waals surface area contributed by atoms with Crippen molar-refractivity contribution in [1.82, 2.24) is 9.91 Å². The van der Waals surface area contributed by atoms with Gasteiger partial charge in [-0.2, -0.15) is 5.10 Å². The number of hydrogen-bond acceptors (Lipinski definition) is 4. The summed E-state index contributed by atoms with van der Waals surface area (Å²) in [7, 11) is 0. The highest BCUT2D eigenvalue weighted by Crippen LogP contribution is 2.13. The molecule has 22 heavy (non-hydrogen) atoms.